The van der Waals surface area contributed by atoms with Crippen LogP contribution < -0.4 is 4.74 Å². The van der Waals surface area contributed by atoms with Crippen molar-refractivity contribution in [3.05, 3.63) is 90.0 Å². The van der Waals surface area contributed by atoms with Gasteiger partial charge >= 0.3 is 5.97 Å². The Kier molecular flexibility index (Phi) is 6.58. The fourth-order valence-electron chi connectivity index (χ4n) is 2.68. The zero-order valence-corrected chi connectivity index (χ0v) is 15.8. The lowest BCUT2D eigenvalue weighted by Crippen LogP contribution is -2.14. The van der Waals surface area contributed by atoms with Gasteiger partial charge in [-0.25, -0.2) is 4.79 Å². The van der Waals surface area contributed by atoms with Crippen LogP contribution in [0.2, 0.25) is 0 Å². The SMILES string of the molecule is CCCOc1ccc(C(=O)OCC(=O)c2ccc(-c3ccccc3)cc2)cc1. The Morgan fingerprint density at radius 1 is 0.750 bits per heavy atom. The molecule has 0 fully saturated rings. The molecule has 0 atom stereocenters. The first kappa shape index (κ1) is 19.4. The predicted molar refractivity (Wildman–Crippen MR) is 109 cm³/mol. The molecular formula is C24H22O4. The first-order chi connectivity index (χ1) is 13.7. The topological polar surface area (TPSA) is 52.6 Å². The van der Waals surface area contributed by atoms with E-state index in [9.17, 15) is 9.59 Å². The summed E-state index contributed by atoms with van der Waals surface area (Å²) < 4.78 is 10.6. The lowest BCUT2D eigenvalue weighted by molar-refractivity contribution is 0.0474. The Labute approximate surface area is 164 Å². The molecule has 0 heterocycles. The van der Waals surface area contributed by atoms with Crippen LogP contribution in [-0.2, 0) is 4.74 Å². The van der Waals surface area contributed by atoms with Gasteiger partial charge in [-0.1, -0.05) is 61.5 Å². The number of hydrogen-bond acceptors (Lipinski definition) is 4. The normalized spacial score (nSPS) is 10.3. The van der Waals surface area contributed by atoms with Crippen LogP contribution in [0.5, 0.6) is 5.75 Å². The van der Waals surface area contributed by atoms with Gasteiger partial charge in [0.2, 0.25) is 0 Å². The summed E-state index contributed by atoms with van der Waals surface area (Å²) in [7, 11) is 0. The summed E-state index contributed by atoms with van der Waals surface area (Å²) in [6, 6.07) is 23.9. The van der Waals surface area contributed by atoms with Gasteiger partial charge in [0.1, 0.15) is 5.75 Å². The molecule has 0 saturated heterocycles. The van der Waals surface area contributed by atoms with E-state index in [1.807, 2.05) is 49.4 Å². The summed E-state index contributed by atoms with van der Waals surface area (Å²) >= 11 is 0. The number of ether oxygens (including phenoxy) is 2. The summed E-state index contributed by atoms with van der Waals surface area (Å²) in [5, 5.41) is 0. The molecule has 3 aromatic carbocycles. The van der Waals surface area contributed by atoms with E-state index in [1.165, 1.54) is 0 Å². The van der Waals surface area contributed by atoms with Gasteiger partial charge in [0.05, 0.1) is 12.2 Å². The van der Waals surface area contributed by atoms with E-state index in [4.69, 9.17) is 9.47 Å². The molecule has 0 aliphatic carbocycles. The first-order valence-electron chi connectivity index (χ1n) is 9.26. The lowest BCUT2D eigenvalue weighted by atomic mass is 10.0. The Morgan fingerprint density at radius 2 is 1.36 bits per heavy atom. The Hall–Kier alpha value is -3.40. The maximum Gasteiger partial charge on any atom is 0.338 e. The highest BCUT2D eigenvalue weighted by atomic mass is 16.5. The van der Waals surface area contributed by atoms with Gasteiger partial charge in [0, 0.05) is 5.56 Å². The monoisotopic (exact) mass is 374 g/mol. The summed E-state index contributed by atoms with van der Waals surface area (Å²) in [4.78, 5) is 24.4. The van der Waals surface area contributed by atoms with Crippen LogP contribution in [0.1, 0.15) is 34.1 Å². The molecule has 4 nitrogen and oxygen atoms in total. The van der Waals surface area contributed by atoms with E-state index >= 15 is 0 Å². The number of ketones is 1. The maximum absolute atomic E-state index is 12.3. The number of hydrogen-bond donors (Lipinski definition) is 0. The zero-order valence-electron chi connectivity index (χ0n) is 15.8. The molecule has 0 saturated carbocycles. The van der Waals surface area contributed by atoms with Crippen LogP contribution in [0.25, 0.3) is 11.1 Å². The molecule has 0 aliphatic rings. The van der Waals surface area contributed by atoms with Gasteiger partial charge in [-0.15, -0.1) is 0 Å². The van der Waals surface area contributed by atoms with Gasteiger partial charge in [-0.2, -0.15) is 0 Å². The van der Waals surface area contributed by atoms with E-state index in [0.29, 0.717) is 23.5 Å². The number of Topliss-reactive ketones (excluding diaryl/α,β-unsaturated/α-hetero) is 1. The summed E-state index contributed by atoms with van der Waals surface area (Å²) in [6.45, 7) is 2.36. The minimum absolute atomic E-state index is 0.240. The van der Waals surface area contributed by atoms with E-state index in [1.54, 1.807) is 36.4 Å². The number of rotatable bonds is 8. The smallest absolute Gasteiger partial charge is 0.338 e. The van der Waals surface area contributed by atoms with Crippen molar-refractivity contribution >= 4 is 11.8 Å². The fourth-order valence-corrected chi connectivity index (χ4v) is 2.68. The quantitative estimate of drug-likeness (QED) is 0.403. The van der Waals surface area contributed by atoms with Crippen LogP contribution in [0.15, 0.2) is 78.9 Å². The maximum atomic E-state index is 12.3. The standard InChI is InChI=1S/C24H22O4/c1-2-16-27-22-14-12-21(13-15-22)24(26)28-17-23(25)20-10-8-19(9-11-20)18-6-4-3-5-7-18/h3-15H,2,16-17H2,1H3. The van der Waals surface area contributed by atoms with Crippen molar-refractivity contribution in [3.63, 3.8) is 0 Å². The molecule has 0 bridgehead atoms. The third-order valence-electron chi connectivity index (χ3n) is 4.21. The van der Waals surface area contributed by atoms with Gasteiger partial charge in [-0.3, -0.25) is 4.79 Å². The number of carbonyl (C=O) groups excluding carboxylic acids is 2. The van der Waals surface area contributed by atoms with Gasteiger partial charge < -0.3 is 9.47 Å². The molecule has 0 aliphatic heterocycles. The minimum Gasteiger partial charge on any atom is -0.494 e. The second kappa shape index (κ2) is 9.51. The molecular weight excluding hydrogens is 352 g/mol. The van der Waals surface area contributed by atoms with Crippen LogP contribution in [0.3, 0.4) is 0 Å². The molecule has 0 amide bonds. The second-order valence-electron chi connectivity index (χ2n) is 6.32. The molecule has 3 aromatic rings. The lowest BCUT2D eigenvalue weighted by Gasteiger charge is -2.07. The minimum atomic E-state index is -0.531. The average Bonchev–Trinajstić information content (AvgIpc) is 2.77. The van der Waals surface area contributed by atoms with Crippen molar-refractivity contribution in [2.75, 3.05) is 13.2 Å². The molecule has 4 heteroatoms. The third kappa shape index (κ3) is 5.07. The molecule has 0 unspecified atom stereocenters. The molecule has 0 N–H and O–H groups in total. The molecule has 0 spiro atoms. The summed E-state index contributed by atoms with van der Waals surface area (Å²) in [5.74, 6) is -0.0693. The molecule has 0 aromatic heterocycles. The third-order valence-corrected chi connectivity index (χ3v) is 4.21. The molecule has 142 valence electrons. The molecule has 3 rings (SSSR count). The van der Waals surface area contributed by atoms with Crippen LogP contribution in [-0.4, -0.2) is 25.0 Å². The van der Waals surface area contributed by atoms with E-state index < -0.39 is 5.97 Å². The van der Waals surface area contributed by atoms with E-state index in [2.05, 4.69) is 0 Å². The number of benzene rings is 3. The van der Waals surface area contributed by atoms with Crippen LogP contribution >= 0.6 is 0 Å². The van der Waals surface area contributed by atoms with E-state index in [-0.39, 0.29) is 12.4 Å². The first-order valence-corrected chi connectivity index (χ1v) is 9.26. The highest BCUT2D eigenvalue weighted by molar-refractivity contribution is 5.99. The van der Waals surface area contributed by atoms with Crippen molar-refractivity contribution in [1.82, 2.24) is 0 Å². The van der Waals surface area contributed by atoms with E-state index in [0.717, 1.165) is 17.5 Å². The second-order valence-corrected chi connectivity index (χ2v) is 6.32. The average molecular weight is 374 g/mol. The van der Waals surface area contributed by atoms with Crippen LogP contribution in [0, 0.1) is 0 Å². The number of carbonyl (C=O) groups is 2. The highest BCUT2D eigenvalue weighted by Crippen LogP contribution is 2.19. The Bertz CT molecular complexity index is 913. The van der Waals surface area contributed by atoms with Crippen molar-refractivity contribution < 1.29 is 19.1 Å². The van der Waals surface area contributed by atoms with Crippen molar-refractivity contribution in [1.29, 1.82) is 0 Å². The van der Waals surface area contributed by atoms with Crippen molar-refractivity contribution in [2.45, 2.75) is 13.3 Å². The van der Waals surface area contributed by atoms with Gasteiger partial charge in [-0.05, 0) is 41.8 Å². The Balaban J connectivity index is 1.55. The summed E-state index contributed by atoms with van der Waals surface area (Å²) in [5.41, 5.74) is 3.01. The highest BCUT2D eigenvalue weighted by Gasteiger charge is 2.12. The van der Waals surface area contributed by atoms with Gasteiger partial charge in [0.15, 0.2) is 12.4 Å². The largest absolute Gasteiger partial charge is 0.494 e. The zero-order chi connectivity index (χ0) is 19.8. The van der Waals surface area contributed by atoms with Crippen molar-refractivity contribution in [3.8, 4) is 16.9 Å². The predicted octanol–water partition coefficient (Wildman–Crippen LogP) is 5.18. The van der Waals surface area contributed by atoms with Crippen LogP contribution in [0.4, 0.5) is 0 Å². The molecule has 28 heavy (non-hydrogen) atoms. The number of esters is 1. The van der Waals surface area contributed by atoms with Gasteiger partial charge in [0.25, 0.3) is 0 Å². The fraction of sp³-hybridized carbons (Fsp3) is 0.167. The van der Waals surface area contributed by atoms with Crippen molar-refractivity contribution in [2.24, 2.45) is 0 Å². The summed E-state index contributed by atoms with van der Waals surface area (Å²) in [6.07, 6.45) is 0.915. The Morgan fingerprint density at radius 3 is 2.00 bits per heavy atom. The molecule has 0 radical (unpaired) electrons.